The van der Waals surface area contributed by atoms with Crippen molar-refractivity contribution in [3.63, 3.8) is 0 Å². The van der Waals surface area contributed by atoms with Crippen molar-refractivity contribution in [1.29, 1.82) is 0 Å². The average molecular weight is 199 g/mol. The molecule has 1 aliphatic rings. The molecule has 0 aromatic carbocycles. The van der Waals surface area contributed by atoms with Crippen molar-refractivity contribution in [2.75, 3.05) is 13.2 Å². The molecule has 14 heavy (non-hydrogen) atoms. The van der Waals surface area contributed by atoms with Crippen molar-refractivity contribution in [3.05, 3.63) is 0 Å². The second-order valence-corrected chi connectivity index (χ2v) is 4.59. The maximum atomic E-state index is 6.10. The minimum absolute atomic E-state index is 0.384. The van der Waals surface area contributed by atoms with Gasteiger partial charge in [-0.1, -0.05) is 20.3 Å². The molecular formula is C12H25NO. The van der Waals surface area contributed by atoms with Gasteiger partial charge in [0.25, 0.3) is 0 Å². The summed E-state index contributed by atoms with van der Waals surface area (Å²) in [4.78, 5) is 0. The Labute approximate surface area is 88.2 Å². The molecule has 2 nitrogen and oxygen atoms in total. The van der Waals surface area contributed by atoms with E-state index in [1.165, 1.54) is 25.7 Å². The normalized spacial score (nSPS) is 33.2. The van der Waals surface area contributed by atoms with Gasteiger partial charge in [-0.2, -0.15) is 0 Å². The van der Waals surface area contributed by atoms with Crippen molar-refractivity contribution < 1.29 is 4.74 Å². The fraction of sp³-hybridized carbons (Fsp3) is 1.00. The van der Waals surface area contributed by atoms with Crippen molar-refractivity contribution in [3.8, 4) is 0 Å². The minimum atomic E-state index is 0.384. The van der Waals surface area contributed by atoms with Gasteiger partial charge in [0.05, 0.1) is 6.61 Å². The van der Waals surface area contributed by atoms with Gasteiger partial charge in [-0.25, -0.2) is 0 Å². The van der Waals surface area contributed by atoms with Crippen LogP contribution in [-0.2, 0) is 4.74 Å². The van der Waals surface area contributed by atoms with E-state index in [1.807, 2.05) is 0 Å². The molecule has 0 bridgehead atoms. The highest BCUT2D eigenvalue weighted by Gasteiger charge is 2.27. The Morgan fingerprint density at radius 2 is 2.07 bits per heavy atom. The number of rotatable bonds is 5. The monoisotopic (exact) mass is 199 g/mol. The number of nitrogens with two attached hydrogens (primary N) is 1. The highest BCUT2D eigenvalue weighted by atomic mass is 16.5. The largest absolute Gasteiger partial charge is 0.381 e. The van der Waals surface area contributed by atoms with Crippen LogP contribution < -0.4 is 5.73 Å². The Hall–Kier alpha value is -0.0800. The third-order valence-electron chi connectivity index (χ3n) is 3.41. The smallest absolute Gasteiger partial charge is 0.0509 e. The van der Waals surface area contributed by atoms with Crippen molar-refractivity contribution in [1.82, 2.24) is 0 Å². The Balaban J connectivity index is 2.25. The molecule has 0 heterocycles. The van der Waals surface area contributed by atoms with Crippen LogP contribution in [0.5, 0.6) is 0 Å². The molecule has 3 atom stereocenters. The summed E-state index contributed by atoms with van der Waals surface area (Å²) in [6.45, 7) is 6.20. The molecular weight excluding hydrogens is 174 g/mol. The summed E-state index contributed by atoms with van der Waals surface area (Å²) in [5.74, 6) is 1.50. The van der Waals surface area contributed by atoms with E-state index >= 15 is 0 Å². The van der Waals surface area contributed by atoms with Gasteiger partial charge >= 0.3 is 0 Å². The standard InChI is InChI=1S/C12H25NO/c1-3-7-14-9-11-8-10(4-2)5-6-12(11)13/h10-12H,3-9,13H2,1-2H3. The second-order valence-electron chi connectivity index (χ2n) is 4.59. The zero-order valence-corrected chi connectivity index (χ0v) is 9.67. The van der Waals surface area contributed by atoms with Gasteiger partial charge in [-0.15, -0.1) is 0 Å². The summed E-state index contributed by atoms with van der Waals surface area (Å²) in [5, 5.41) is 0. The van der Waals surface area contributed by atoms with Gasteiger partial charge in [0.15, 0.2) is 0 Å². The van der Waals surface area contributed by atoms with Crippen molar-refractivity contribution >= 4 is 0 Å². The fourth-order valence-electron chi connectivity index (χ4n) is 2.33. The average Bonchev–Trinajstić information content (AvgIpc) is 2.21. The quantitative estimate of drug-likeness (QED) is 0.691. The van der Waals surface area contributed by atoms with Crippen molar-refractivity contribution in [2.24, 2.45) is 17.6 Å². The topological polar surface area (TPSA) is 35.2 Å². The van der Waals surface area contributed by atoms with Crippen LogP contribution in [0.2, 0.25) is 0 Å². The van der Waals surface area contributed by atoms with Crippen LogP contribution in [0.4, 0.5) is 0 Å². The predicted octanol–water partition coefficient (Wildman–Crippen LogP) is 2.57. The van der Waals surface area contributed by atoms with E-state index in [0.29, 0.717) is 12.0 Å². The van der Waals surface area contributed by atoms with Gasteiger partial charge in [0, 0.05) is 12.6 Å². The van der Waals surface area contributed by atoms with E-state index in [2.05, 4.69) is 13.8 Å². The van der Waals surface area contributed by atoms with Crippen LogP contribution >= 0.6 is 0 Å². The van der Waals surface area contributed by atoms with Gasteiger partial charge in [0.1, 0.15) is 0 Å². The molecule has 0 spiro atoms. The Morgan fingerprint density at radius 1 is 1.29 bits per heavy atom. The Morgan fingerprint density at radius 3 is 2.71 bits per heavy atom. The summed E-state index contributed by atoms with van der Waals surface area (Å²) < 4.78 is 5.61. The SMILES string of the molecule is CCCOCC1CC(CC)CCC1N. The Kier molecular flexibility index (Phi) is 5.49. The highest BCUT2D eigenvalue weighted by molar-refractivity contribution is 4.81. The minimum Gasteiger partial charge on any atom is -0.381 e. The second kappa shape index (κ2) is 6.41. The van der Waals surface area contributed by atoms with Gasteiger partial charge in [-0.3, -0.25) is 0 Å². The molecule has 0 amide bonds. The van der Waals surface area contributed by atoms with Crippen LogP contribution in [-0.4, -0.2) is 19.3 Å². The molecule has 0 aliphatic heterocycles. The van der Waals surface area contributed by atoms with Crippen LogP contribution in [0.3, 0.4) is 0 Å². The molecule has 0 saturated heterocycles. The third-order valence-corrected chi connectivity index (χ3v) is 3.41. The summed E-state index contributed by atoms with van der Waals surface area (Å²) in [5.41, 5.74) is 6.10. The molecule has 0 aromatic rings. The van der Waals surface area contributed by atoms with Gasteiger partial charge < -0.3 is 10.5 Å². The summed E-state index contributed by atoms with van der Waals surface area (Å²) in [6, 6.07) is 0.384. The molecule has 2 N–H and O–H groups in total. The molecule has 1 rings (SSSR count). The predicted molar refractivity (Wildman–Crippen MR) is 60.2 cm³/mol. The first kappa shape index (κ1) is 12.0. The molecule has 3 unspecified atom stereocenters. The first-order valence-electron chi connectivity index (χ1n) is 6.11. The van der Waals surface area contributed by atoms with Crippen LogP contribution in [0, 0.1) is 11.8 Å². The molecule has 2 heteroatoms. The van der Waals surface area contributed by atoms with Gasteiger partial charge in [-0.05, 0) is 37.5 Å². The van der Waals surface area contributed by atoms with Gasteiger partial charge in [0.2, 0.25) is 0 Å². The summed E-state index contributed by atoms with van der Waals surface area (Å²) >= 11 is 0. The molecule has 0 radical (unpaired) electrons. The molecule has 84 valence electrons. The zero-order chi connectivity index (χ0) is 10.4. The van der Waals surface area contributed by atoms with E-state index in [-0.39, 0.29) is 0 Å². The summed E-state index contributed by atoms with van der Waals surface area (Å²) in [6.07, 6.45) is 6.21. The first-order chi connectivity index (χ1) is 6.77. The van der Waals surface area contributed by atoms with E-state index in [1.54, 1.807) is 0 Å². The maximum absolute atomic E-state index is 6.10. The molecule has 1 fully saturated rings. The lowest BCUT2D eigenvalue weighted by Gasteiger charge is -2.33. The molecule has 0 aromatic heterocycles. The third kappa shape index (κ3) is 3.58. The van der Waals surface area contributed by atoms with E-state index in [0.717, 1.165) is 25.6 Å². The fourth-order valence-corrected chi connectivity index (χ4v) is 2.33. The zero-order valence-electron chi connectivity index (χ0n) is 9.67. The lowest BCUT2D eigenvalue weighted by Crippen LogP contribution is -2.38. The summed E-state index contributed by atoms with van der Waals surface area (Å²) in [7, 11) is 0. The maximum Gasteiger partial charge on any atom is 0.0509 e. The van der Waals surface area contributed by atoms with Crippen LogP contribution in [0.15, 0.2) is 0 Å². The first-order valence-corrected chi connectivity index (χ1v) is 6.11. The lowest BCUT2D eigenvalue weighted by molar-refractivity contribution is 0.0648. The number of hydrogen-bond acceptors (Lipinski definition) is 2. The number of hydrogen-bond donors (Lipinski definition) is 1. The highest BCUT2D eigenvalue weighted by Crippen LogP contribution is 2.30. The van der Waals surface area contributed by atoms with Crippen LogP contribution in [0.25, 0.3) is 0 Å². The molecule has 1 aliphatic carbocycles. The Bertz CT molecular complexity index is 149. The van der Waals surface area contributed by atoms with E-state index in [4.69, 9.17) is 10.5 Å². The van der Waals surface area contributed by atoms with Crippen molar-refractivity contribution in [2.45, 2.75) is 52.0 Å². The van der Waals surface area contributed by atoms with E-state index in [9.17, 15) is 0 Å². The molecule has 1 saturated carbocycles. The number of ether oxygens (including phenoxy) is 1. The van der Waals surface area contributed by atoms with E-state index < -0.39 is 0 Å². The lowest BCUT2D eigenvalue weighted by atomic mass is 9.78. The van der Waals surface area contributed by atoms with Crippen LogP contribution in [0.1, 0.15) is 46.0 Å².